The zero-order valence-electron chi connectivity index (χ0n) is 16.3. The van der Waals surface area contributed by atoms with Crippen LogP contribution in [0.2, 0.25) is 0 Å². The number of aromatic hydroxyl groups is 1. The van der Waals surface area contributed by atoms with Gasteiger partial charge in [-0.3, -0.25) is 4.79 Å². The molecule has 29 heavy (non-hydrogen) atoms. The molecule has 1 saturated heterocycles. The minimum absolute atomic E-state index is 0.0608. The summed E-state index contributed by atoms with van der Waals surface area (Å²) in [5.74, 6) is 0.610. The minimum Gasteiger partial charge on any atom is -0.504 e. The molecule has 3 atom stereocenters. The van der Waals surface area contributed by atoms with Gasteiger partial charge in [0.15, 0.2) is 11.4 Å². The first-order valence-corrected chi connectivity index (χ1v) is 10.4. The number of benzene rings is 2. The van der Waals surface area contributed by atoms with Crippen LogP contribution in [0.15, 0.2) is 66.9 Å². The number of hydrogen-bond acceptors (Lipinski definition) is 3. The third kappa shape index (κ3) is 3.20. The zero-order chi connectivity index (χ0) is 19.8. The van der Waals surface area contributed by atoms with E-state index in [1.54, 1.807) is 4.68 Å². The minimum atomic E-state index is -0.160. The van der Waals surface area contributed by atoms with Gasteiger partial charge in [-0.1, -0.05) is 61.4 Å². The maximum atomic E-state index is 13.4. The van der Waals surface area contributed by atoms with Crippen molar-refractivity contribution in [3.63, 3.8) is 0 Å². The molecule has 5 heteroatoms. The Bertz CT molecular complexity index is 999. The number of hydrogen-bond donors (Lipinski definition) is 1. The molecule has 0 bridgehead atoms. The van der Waals surface area contributed by atoms with Crippen molar-refractivity contribution in [2.24, 2.45) is 5.92 Å². The Morgan fingerprint density at radius 3 is 2.41 bits per heavy atom. The molecule has 0 spiro atoms. The van der Waals surface area contributed by atoms with Gasteiger partial charge in [0.25, 0.3) is 5.91 Å². The molecule has 2 heterocycles. The van der Waals surface area contributed by atoms with Gasteiger partial charge in [-0.15, -0.1) is 0 Å². The third-order valence-corrected chi connectivity index (χ3v) is 6.50. The van der Waals surface area contributed by atoms with Crippen LogP contribution in [0.4, 0.5) is 0 Å². The molecule has 1 amide bonds. The van der Waals surface area contributed by atoms with Gasteiger partial charge in [0.2, 0.25) is 0 Å². The summed E-state index contributed by atoms with van der Waals surface area (Å²) in [6, 6.07) is 20.3. The van der Waals surface area contributed by atoms with Gasteiger partial charge in [-0.25, -0.2) is 4.68 Å². The van der Waals surface area contributed by atoms with Crippen molar-refractivity contribution in [3.05, 3.63) is 78.1 Å². The fourth-order valence-corrected chi connectivity index (χ4v) is 5.13. The zero-order valence-corrected chi connectivity index (χ0v) is 16.3. The van der Waals surface area contributed by atoms with Crippen LogP contribution in [0.3, 0.4) is 0 Å². The van der Waals surface area contributed by atoms with Gasteiger partial charge in [0.05, 0.1) is 11.9 Å². The van der Waals surface area contributed by atoms with Gasteiger partial charge < -0.3 is 10.0 Å². The van der Waals surface area contributed by atoms with E-state index in [1.165, 1.54) is 18.2 Å². The molecule has 3 aromatic rings. The second-order valence-electron chi connectivity index (χ2n) is 8.13. The van der Waals surface area contributed by atoms with Gasteiger partial charge in [0.1, 0.15) is 0 Å². The summed E-state index contributed by atoms with van der Waals surface area (Å²) in [4.78, 5) is 15.4. The summed E-state index contributed by atoms with van der Waals surface area (Å²) in [6.45, 7) is 0.690. The standard InChI is InChI=1S/C24H25N3O2/c28-22-16-27(18-11-5-2-6-12-18)25-23(22)24(29)26-15-20(17-9-3-1-4-10-17)19-13-7-8-14-21(19)26/h1-6,9-12,16,19-21,28H,7-8,13-15H2. The molecule has 1 saturated carbocycles. The summed E-state index contributed by atoms with van der Waals surface area (Å²) >= 11 is 0. The van der Waals surface area contributed by atoms with Gasteiger partial charge in [-0.05, 0) is 36.5 Å². The topological polar surface area (TPSA) is 58.4 Å². The lowest BCUT2D eigenvalue weighted by Gasteiger charge is -2.32. The molecule has 2 aliphatic rings. The number of carbonyl (C=O) groups excluding carboxylic acids is 1. The molecular formula is C24H25N3O2. The summed E-state index contributed by atoms with van der Waals surface area (Å²) in [5, 5.41) is 14.9. The summed E-state index contributed by atoms with van der Waals surface area (Å²) in [5.41, 5.74) is 2.27. The highest BCUT2D eigenvalue weighted by atomic mass is 16.3. The average molecular weight is 387 g/mol. The Labute approximate surface area is 170 Å². The van der Waals surface area contributed by atoms with E-state index in [-0.39, 0.29) is 23.4 Å². The van der Waals surface area contributed by atoms with Crippen LogP contribution in [-0.2, 0) is 0 Å². The van der Waals surface area contributed by atoms with E-state index in [2.05, 4.69) is 29.4 Å². The fraction of sp³-hybridized carbons (Fsp3) is 0.333. The molecule has 5 rings (SSSR count). The van der Waals surface area contributed by atoms with Gasteiger partial charge in [-0.2, -0.15) is 5.10 Å². The van der Waals surface area contributed by atoms with Crippen molar-refractivity contribution in [2.45, 2.75) is 37.6 Å². The maximum Gasteiger partial charge on any atom is 0.278 e. The van der Waals surface area contributed by atoms with Crippen molar-refractivity contribution in [2.75, 3.05) is 6.54 Å². The highest BCUT2D eigenvalue weighted by Crippen LogP contribution is 2.45. The van der Waals surface area contributed by atoms with Crippen LogP contribution in [0.5, 0.6) is 5.75 Å². The number of rotatable bonds is 3. The Kier molecular flexibility index (Phi) is 4.58. The van der Waals surface area contributed by atoms with Crippen molar-refractivity contribution < 1.29 is 9.90 Å². The first-order chi connectivity index (χ1) is 14.2. The predicted molar refractivity (Wildman–Crippen MR) is 111 cm³/mol. The fourth-order valence-electron chi connectivity index (χ4n) is 5.13. The summed E-state index contributed by atoms with van der Waals surface area (Å²) in [6.07, 6.45) is 6.07. The number of fused-ring (bicyclic) bond motifs is 1. The Morgan fingerprint density at radius 2 is 1.66 bits per heavy atom. The molecule has 2 fully saturated rings. The van der Waals surface area contributed by atoms with E-state index < -0.39 is 0 Å². The highest BCUT2D eigenvalue weighted by Gasteiger charge is 2.46. The lowest BCUT2D eigenvalue weighted by Crippen LogP contribution is -2.39. The second kappa shape index (κ2) is 7.39. The molecule has 1 aromatic heterocycles. The first-order valence-electron chi connectivity index (χ1n) is 10.4. The summed E-state index contributed by atoms with van der Waals surface area (Å²) < 4.78 is 1.58. The number of carbonyl (C=O) groups is 1. The molecule has 2 aromatic carbocycles. The van der Waals surface area contributed by atoms with E-state index in [9.17, 15) is 9.90 Å². The van der Waals surface area contributed by atoms with Crippen LogP contribution >= 0.6 is 0 Å². The van der Waals surface area contributed by atoms with Crippen LogP contribution < -0.4 is 0 Å². The maximum absolute atomic E-state index is 13.4. The largest absolute Gasteiger partial charge is 0.504 e. The van der Waals surface area contributed by atoms with E-state index in [1.807, 2.05) is 41.3 Å². The molecule has 1 aliphatic heterocycles. The van der Waals surface area contributed by atoms with Crippen molar-refractivity contribution >= 4 is 5.91 Å². The number of amides is 1. The molecule has 0 radical (unpaired) electrons. The summed E-state index contributed by atoms with van der Waals surface area (Å²) in [7, 11) is 0. The Balaban J connectivity index is 1.46. The monoisotopic (exact) mass is 387 g/mol. The number of likely N-dealkylation sites (tertiary alicyclic amines) is 1. The smallest absolute Gasteiger partial charge is 0.278 e. The lowest BCUT2D eigenvalue weighted by molar-refractivity contribution is 0.0680. The quantitative estimate of drug-likeness (QED) is 0.726. The predicted octanol–water partition coefficient (Wildman–Crippen LogP) is 4.38. The van der Waals surface area contributed by atoms with Crippen LogP contribution in [-0.4, -0.2) is 38.3 Å². The first kappa shape index (κ1) is 18.0. The third-order valence-electron chi connectivity index (χ3n) is 6.50. The molecule has 3 unspecified atom stereocenters. The molecule has 1 N–H and O–H groups in total. The molecule has 148 valence electrons. The molecular weight excluding hydrogens is 362 g/mol. The average Bonchev–Trinajstić information content (AvgIpc) is 3.36. The van der Waals surface area contributed by atoms with Crippen molar-refractivity contribution in [1.82, 2.24) is 14.7 Å². The van der Waals surface area contributed by atoms with E-state index in [0.717, 1.165) is 24.9 Å². The van der Waals surface area contributed by atoms with Gasteiger partial charge in [0, 0.05) is 18.5 Å². The molecule has 5 nitrogen and oxygen atoms in total. The van der Waals surface area contributed by atoms with Crippen molar-refractivity contribution in [3.8, 4) is 11.4 Å². The van der Waals surface area contributed by atoms with E-state index in [0.29, 0.717) is 18.4 Å². The number of para-hydroxylation sites is 1. The van der Waals surface area contributed by atoms with Crippen LogP contribution in [0.1, 0.15) is 47.7 Å². The SMILES string of the molecule is O=C(c1nn(-c2ccccc2)cc1O)N1CC(c2ccccc2)C2CCCCC21. The van der Waals surface area contributed by atoms with E-state index in [4.69, 9.17) is 0 Å². The normalized spacial score (nSPS) is 23.7. The highest BCUT2D eigenvalue weighted by molar-refractivity contribution is 5.95. The van der Waals surface area contributed by atoms with E-state index >= 15 is 0 Å². The Morgan fingerprint density at radius 1 is 0.966 bits per heavy atom. The second-order valence-corrected chi connectivity index (χ2v) is 8.13. The number of nitrogens with zero attached hydrogens (tertiary/aromatic N) is 3. The van der Waals surface area contributed by atoms with Crippen LogP contribution in [0, 0.1) is 5.92 Å². The number of aromatic nitrogens is 2. The lowest BCUT2D eigenvalue weighted by atomic mass is 9.77. The molecule has 1 aliphatic carbocycles. The van der Waals surface area contributed by atoms with Crippen LogP contribution in [0.25, 0.3) is 5.69 Å². The van der Waals surface area contributed by atoms with Crippen molar-refractivity contribution in [1.29, 1.82) is 0 Å². The van der Waals surface area contributed by atoms with Gasteiger partial charge >= 0.3 is 0 Å². The Hall–Kier alpha value is -3.08.